The summed E-state index contributed by atoms with van der Waals surface area (Å²) in [6.45, 7) is 1.81. The molecule has 1 N–H and O–H groups in total. The van der Waals surface area contributed by atoms with E-state index < -0.39 is 0 Å². The van der Waals surface area contributed by atoms with Crippen LogP contribution in [-0.4, -0.2) is 52.1 Å². The Kier molecular flexibility index (Phi) is 9.15. The van der Waals surface area contributed by atoms with Gasteiger partial charge in [-0.05, 0) is 25.0 Å². The second-order valence-corrected chi connectivity index (χ2v) is 6.07. The molecule has 0 radical (unpaired) electrons. The van der Waals surface area contributed by atoms with Crippen LogP contribution in [0.2, 0.25) is 0 Å². The second-order valence-electron chi connectivity index (χ2n) is 6.07. The van der Waals surface area contributed by atoms with Crippen LogP contribution in [0.5, 0.6) is 11.5 Å². The number of amides is 1. The molecule has 1 aromatic rings. The van der Waals surface area contributed by atoms with Crippen molar-refractivity contribution in [2.75, 3.05) is 40.1 Å². The summed E-state index contributed by atoms with van der Waals surface area (Å²) in [6.07, 6.45) is 5.86. The molecule has 6 nitrogen and oxygen atoms in total. The first-order valence-corrected chi connectivity index (χ1v) is 9.00. The quantitative estimate of drug-likeness (QED) is 0.621. The minimum Gasteiger partial charge on any atom is -0.493 e. The summed E-state index contributed by atoms with van der Waals surface area (Å²) in [7, 11) is 1.61. The SMILES string of the molecule is COc1ccccc1OCCOCCOCC(=O)NC1CCCCC1. The van der Waals surface area contributed by atoms with Crippen LogP contribution in [0.4, 0.5) is 0 Å². The average Bonchev–Trinajstić information content (AvgIpc) is 2.65. The van der Waals surface area contributed by atoms with E-state index in [2.05, 4.69) is 5.32 Å². The fraction of sp³-hybridized carbons (Fsp3) is 0.632. The van der Waals surface area contributed by atoms with Gasteiger partial charge in [0.15, 0.2) is 11.5 Å². The van der Waals surface area contributed by atoms with Gasteiger partial charge >= 0.3 is 0 Å². The van der Waals surface area contributed by atoms with Gasteiger partial charge in [-0.15, -0.1) is 0 Å². The van der Waals surface area contributed by atoms with Crippen LogP contribution in [-0.2, 0) is 14.3 Å². The molecule has 1 fully saturated rings. The number of benzene rings is 1. The summed E-state index contributed by atoms with van der Waals surface area (Å²) in [5.41, 5.74) is 0. The molecule has 1 aliphatic rings. The molecule has 0 bridgehead atoms. The second kappa shape index (κ2) is 11.7. The molecule has 140 valence electrons. The third-order valence-electron chi connectivity index (χ3n) is 4.13. The van der Waals surface area contributed by atoms with Crippen LogP contribution in [0.1, 0.15) is 32.1 Å². The van der Waals surface area contributed by atoms with Crippen molar-refractivity contribution in [3.63, 3.8) is 0 Å². The number of ether oxygens (including phenoxy) is 4. The Labute approximate surface area is 149 Å². The maximum atomic E-state index is 11.8. The van der Waals surface area contributed by atoms with Crippen molar-refractivity contribution in [1.82, 2.24) is 5.32 Å². The molecule has 1 amide bonds. The van der Waals surface area contributed by atoms with Crippen LogP contribution in [0, 0.1) is 0 Å². The Balaban J connectivity index is 1.44. The summed E-state index contributed by atoms with van der Waals surface area (Å²) in [5, 5.41) is 3.02. The molecule has 1 aliphatic carbocycles. The number of carbonyl (C=O) groups excluding carboxylic acids is 1. The number of hydrogen-bond donors (Lipinski definition) is 1. The minimum absolute atomic E-state index is 0.0357. The Bertz CT molecular complexity index is 502. The summed E-state index contributed by atoms with van der Waals surface area (Å²) in [5.74, 6) is 1.37. The number of rotatable bonds is 11. The van der Waals surface area contributed by atoms with E-state index in [0.717, 1.165) is 12.8 Å². The molecule has 1 aromatic carbocycles. The molecule has 0 saturated heterocycles. The van der Waals surface area contributed by atoms with Crippen LogP contribution in [0.15, 0.2) is 24.3 Å². The lowest BCUT2D eigenvalue weighted by Gasteiger charge is -2.22. The zero-order valence-corrected chi connectivity index (χ0v) is 15.0. The lowest BCUT2D eigenvalue weighted by atomic mass is 9.95. The highest BCUT2D eigenvalue weighted by atomic mass is 16.6. The lowest BCUT2D eigenvalue weighted by molar-refractivity contribution is -0.127. The van der Waals surface area contributed by atoms with Crippen molar-refractivity contribution >= 4 is 5.91 Å². The van der Waals surface area contributed by atoms with Crippen molar-refractivity contribution in [2.24, 2.45) is 0 Å². The number of hydrogen-bond acceptors (Lipinski definition) is 5. The monoisotopic (exact) mass is 351 g/mol. The lowest BCUT2D eigenvalue weighted by Crippen LogP contribution is -2.38. The summed E-state index contributed by atoms with van der Waals surface area (Å²) in [4.78, 5) is 11.8. The van der Waals surface area contributed by atoms with E-state index in [9.17, 15) is 4.79 Å². The number of nitrogens with one attached hydrogen (secondary N) is 1. The van der Waals surface area contributed by atoms with Gasteiger partial charge in [0.05, 0.1) is 26.9 Å². The molecule has 0 unspecified atom stereocenters. The van der Waals surface area contributed by atoms with Crippen LogP contribution >= 0.6 is 0 Å². The highest BCUT2D eigenvalue weighted by Crippen LogP contribution is 2.25. The molecule has 0 heterocycles. The average molecular weight is 351 g/mol. The third kappa shape index (κ3) is 7.75. The minimum atomic E-state index is -0.0357. The van der Waals surface area contributed by atoms with Crippen molar-refractivity contribution in [2.45, 2.75) is 38.1 Å². The first-order chi connectivity index (χ1) is 12.3. The van der Waals surface area contributed by atoms with Crippen molar-refractivity contribution in [1.29, 1.82) is 0 Å². The predicted octanol–water partition coefficient (Wildman–Crippen LogP) is 2.56. The fourth-order valence-electron chi connectivity index (χ4n) is 2.85. The van der Waals surface area contributed by atoms with Gasteiger partial charge in [0.25, 0.3) is 0 Å². The molecule has 0 aliphatic heterocycles. The molecule has 6 heteroatoms. The first-order valence-electron chi connectivity index (χ1n) is 9.00. The molecule has 2 rings (SSSR count). The van der Waals surface area contributed by atoms with Gasteiger partial charge in [-0.1, -0.05) is 31.4 Å². The Morgan fingerprint density at radius 1 is 1.00 bits per heavy atom. The predicted molar refractivity (Wildman–Crippen MR) is 95.1 cm³/mol. The van der Waals surface area contributed by atoms with Crippen LogP contribution < -0.4 is 14.8 Å². The van der Waals surface area contributed by atoms with Crippen molar-refractivity contribution < 1.29 is 23.7 Å². The number of carbonyl (C=O) groups is 1. The van der Waals surface area contributed by atoms with E-state index in [1.807, 2.05) is 24.3 Å². The summed E-state index contributed by atoms with van der Waals surface area (Å²) in [6, 6.07) is 7.82. The van der Waals surface area contributed by atoms with Crippen LogP contribution in [0.25, 0.3) is 0 Å². The maximum absolute atomic E-state index is 11.8. The molecule has 25 heavy (non-hydrogen) atoms. The zero-order chi connectivity index (χ0) is 17.7. The largest absolute Gasteiger partial charge is 0.493 e. The zero-order valence-electron chi connectivity index (χ0n) is 15.0. The van der Waals surface area contributed by atoms with Gasteiger partial charge in [-0.25, -0.2) is 0 Å². The molecule has 0 spiro atoms. The van der Waals surface area contributed by atoms with Gasteiger partial charge in [-0.2, -0.15) is 0 Å². The van der Waals surface area contributed by atoms with E-state index in [0.29, 0.717) is 44.0 Å². The van der Waals surface area contributed by atoms with Gasteiger partial charge < -0.3 is 24.3 Å². The highest BCUT2D eigenvalue weighted by Gasteiger charge is 2.15. The number of methoxy groups -OCH3 is 1. The molecule has 1 saturated carbocycles. The molecular formula is C19H29NO5. The highest BCUT2D eigenvalue weighted by molar-refractivity contribution is 5.77. The van der Waals surface area contributed by atoms with E-state index in [-0.39, 0.29) is 12.5 Å². The van der Waals surface area contributed by atoms with Gasteiger partial charge in [0, 0.05) is 6.04 Å². The molecular weight excluding hydrogens is 322 g/mol. The number of para-hydroxylation sites is 2. The van der Waals surface area contributed by atoms with Crippen LogP contribution in [0.3, 0.4) is 0 Å². The van der Waals surface area contributed by atoms with E-state index in [4.69, 9.17) is 18.9 Å². The van der Waals surface area contributed by atoms with Crippen molar-refractivity contribution in [3.05, 3.63) is 24.3 Å². The third-order valence-corrected chi connectivity index (χ3v) is 4.13. The van der Waals surface area contributed by atoms with Gasteiger partial charge in [0.2, 0.25) is 5.91 Å². The van der Waals surface area contributed by atoms with Crippen molar-refractivity contribution in [3.8, 4) is 11.5 Å². The Hall–Kier alpha value is -1.79. The topological polar surface area (TPSA) is 66.0 Å². The normalized spacial score (nSPS) is 14.9. The van der Waals surface area contributed by atoms with E-state index in [1.165, 1.54) is 19.3 Å². The molecule has 0 atom stereocenters. The summed E-state index contributed by atoms with van der Waals surface area (Å²) < 4.78 is 21.6. The van der Waals surface area contributed by atoms with Gasteiger partial charge in [0.1, 0.15) is 13.2 Å². The molecule has 0 aromatic heterocycles. The van der Waals surface area contributed by atoms with E-state index in [1.54, 1.807) is 7.11 Å². The summed E-state index contributed by atoms with van der Waals surface area (Å²) >= 11 is 0. The maximum Gasteiger partial charge on any atom is 0.246 e. The first kappa shape index (κ1) is 19.5. The fourth-order valence-corrected chi connectivity index (χ4v) is 2.85. The van der Waals surface area contributed by atoms with E-state index >= 15 is 0 Å². The van der Waals surface area contributed by atoms with Gasteiger partial charge in [-0.3, -0.25) is 4.79 Å². The smallest absolute Gasteiger partial charge is 0.246 e. The Morgan fingerprint density at radius 3 is 2.44 bits per heavy atom. The standard InChI is InChI=1S/C19H29NO5/c1-22-17-9-5-6-10-18(17)25-14-13-23-11-12-24-15-19(21)20-16-7-3-2-4-8-16/h5-6,9-10,16H,2-4,7-8,11-15H2,1H3,(H,20,21). The Morgan fingerprint density at radius 2 is 1.68 bits per heavy atom.